The predicted molar refractivity (Wildman–Crippen MR) is 121 cm³/mol. The number of aromatic amines is 1. The first-order valence-electron chi connectivity index (χ1n) is 10.8. The van der Waals surface area contributed by atoms with Crippen LogP contribution in [0.4, 0.5) is 17.6 Å². The lowest BCUT2D eigenvalue weighted by molar-refractivity contribution is 0.318. The zero-order chi connectivity index (χ0) is 20.6. The van der Waals surface area contributed by atoms with Crippen molar-refractivity contribution in [3.8, 4) is 0 Å². The van der Waals surface area contributed by atoms with Crippen LogP contribution < -0.4 is 10.6 Å². The van der Waals surface area contributed by atoms with Gasteiger partial charge in [-0.3, -0.25) is 10.00 Å². The van der Waals surface area contributed by atoms with Crippen molar-refractivity contribution in [3.63, 3.8) is 0 Å². The standard InChI is InChI=1S/C21H25N9S/c1-2-17-20(24-18-10-16(26-27-18)15-3-4-15)25-21(28-30(17)7-1)23-11-14-5-8-29(12-14)13-19-22-6-9-31-19/h1-2,6-7,9-10,14-15H,3-5,8,11-13H2,(H3,23,24,25,26,27,28)/t14-/m1/s1. The van der Waals surface area contributed by atoms with Crippen LogP contribution in [0.2, 0.25) is 0 Å². The normalized spacial score (nSPS) is 19.3. The fraction of sp³-hybridized carbons (Fsp3) is 0.429. The van der Waals surface area contributed by atoms with Crippen molar-refractivity contribution >= 4 is 34.4 Å². The van der Waals surface area contributed by atoms with Crippen molar-refractivity contribution in [1.82, 2.24) is 34.7 Å². The van der Waals surface area contributed by atoms with Crippen molar-refractivity contribution in [1.29, 1.82) is 0 Å². The summed E-state index contributed by atoms with van der Waals surface area (Å²) in [7, 11) is 0. The molecule has 4 aromatic heterocycles. The van der Waals surface area contributed by atoms with E-state index in [0.717, 1.165) is 43.3 Å². The summed E-state index contributed by atoms with van der Waals surface area (Å²) in [6, 6.07) is 6.07. The maximum absolute atomic E-state index is 4.75. The average molecular weight is 436 g/mol. The first-order chi connectivity index (χ1) is 15.3. The van der Waals surface area contributed by atoms with Crippen LogP contribution in [0.15, 0.2) is 36.0 Å². The first-order valence-corrected chi connectivity index (χ1v) is 11.7. The molecule has 0 amide bonds. The SMILES string of the molecule is c1cc2c(Nc3cc(C4CC4)[nH]n3)nc(NC[C@H]3CCN(Cc4nccs4)C3)nn2c1. The van der Waals surface area contributed by atoms with Gasteiger partial charge in [-0.15, -0.1) is 16.4 Å². The minimum atomic E-state index is 0.577. The number of nitrogens with one attached hydrogen (secondary N) is 3. The molecule has 9 nitrogen and oxygen atoms in total. The number of H-pyrrole nitrogens is 1. The number of aromatic nitrogens is 6. The third-order valence-corrected chi connectivity index (χ3v) is 6.78. The van der Waals surface area contributed by atoms with Gasteiger partial charge in [-0.05, 0) is 43.9 Å². The second kappa shape index (κ2) is 7.93. The van der Waals surface area contributed by atoms with E-state index in [1.54, 1.807) is 11.3 Å². The number of nitrogens with zero attached hydrogens (tertiary/aromatic N) is 6. The van der Waals surface area contributed by atoms with Crippen molar-refractivity contribution in [2.75, 3.05) is 30.3 Å². The lowest BCUT2D eigenvalue weighted by Crippen LogP contribution is -2.23. The molecule has 6 rings (SSSR count). The Hall–Kier alpha value is -2.98. The molecule has 0 bridgehead atoms. The summed E-state index contributed by atoms with van der Waals surface area (Å²) in [5.74, 6) is 3.40. The average Bonchev–Trinajstić information content (AvgIpc) is 3.25. The molecule has 2 fully saturated rings. The van der Waals surface area contributed by atoms with Crippen molar-refractivity contribution in [2.45, 2.75) is 31.7 Å². The Bertz CT molecular complexity index is 1160. The van der Waals surface area contributed by atoms with Gasteiger partial charge < -0.3 is 10.6 Å². The monoisotopic (exact) mass is 435 g/mol. The molecule has 4 aromatic rings. The molecule has 0 spiro atoms. The lowest BCUT2D eigenvalue weighted by Gasteiger charge is -2.15. The zero-order valence-electron chi connectivity index (χ0n) is 17.2. The molecule has 1 saturated carbocycles. The molecule has 0 unspecified atom stereocenters. The fourth-order valence-corrected chi connectivity index (χ4v) is 4.87. The highest BCUT2D eigenvalue weighted by atomic mass is 32.1. The van der Waals surface area contributed by atoms with Gasteiger partial charge >= 0.3 is 0 Å². The first kappa shape index (κ1) is 18.8. The Balaban J connectivity index is 1.12. The third-order valence-electron chi connectivity index (χ3n) is 6.01. The number of anilines is 3. The van der Waals surface area contributed by atoms with Gasteiger partial charge in [-0.2, -0.15) is 10.1 Å². The number of hydrogen-bond acceptors (Lipinski definition) is 8. The third kappa shape index (κ3) is 4.13. The van der Waals surface area contributed by atoms with E-state index >= 15 is 0 Å². The maximum atomic E-state index is 4.75. The number of fused-ring (bicyclic) bond motifs is 1. The summed E-state index contributed by atoms with van der Waals surface area (Å²) in [4.78, 5) is 11.6. The van der Waals surface area contributed by atoms with Crippen LogP contribution in [0.5, 0.6) is 0 Å². The van der Waals surface area contributed by atoms with Gasteiger partial charge in [-0.25, -0.2) is 9.50 Å². The Kier molecular flexibility index (Phi) is 4.80. The topological polar surface area (TPSA) is 99.1 Å². The zero-order valence-corrected chi connectivity index (χ0v) is 18.0. The number of hydrogen-bond donors (Lipinski definition) is 3. The molecule has 1 atom stereocenters. The summed E-state index contributed by atoms with van der Waals surface area (Å²) in [6.45, 7) is 3.98. The molecule has 160 valence electrons. The maximum Gasteiger partial charge on any atom is 0.243 e. The van der Waals surface area contributed by atoms with E-state index in [1.165, 1.54) is 30.0 Å². The molecule has 3 N–H and O–H groups in total. The van der Waals surface area contributed by atoms with E-state index in [4.69, 9.17) is 4.98 Å². The van der Waals surface area contributed by atoms with Gasteiger partial charge in [-0.1, -0.05) is 0 Å². The number of rotatable bonds is 8. The molecule has 10 heteroatoms. The highest BCUT2D eigenvalue weighted by Gasteiger charge is 2.26. The van der Waals surface area contributed by atoms with E-state index < -0.39 is 0 Å². The van der Waals surface area contributed by atoms with Crippen LogP contribution >= 0.6 is 11.3 Å². The quantitative estimate of drug-likeness (QED) is 0.390. The summed E-state index contributed by atoms with van der Waals surface area (Å²) in [6.07, 6.45) is 7.49. The molecule has 0 radical (unpaired) electrons. The van der Waals surface area contributed by atoms with Crippen LogP contribution in [0.25, 0.3) is 5.52 Å². The highest BCUT2D eigenvalue weighted by molar-refractivity contribution is 7.09. The van der Waals surface area contributed by atoms with E-state index in [9.17, 15) is 0 Å². The molecular formula is C21H25N9S. The summed E-state index contributed by atoms with van der Waals surface area (Å²) in [5.41, 5.74) is 2.13. The van der Waals surface area contributed by atoms with Gasteiger partial charge in [0, 0.05) is 48.5 Å². The van der Waals surface area contributed by atoms with E-state index in [1.807, 2.05) is 34.4 Å². The minimum Gasteiger partial charge on any atom is -0.353 e. The van der Waals surface area contributed by atoms with Crippen LogP contribution in [-0.4, -0.2) is 54.3 Å². The predicted octanol–water partition coefficient (Wildman–Crippen LogP) is 3.46. The van der Waals surface area contributed by atoms with Gasteiger partial charge in [0.15, 0.2) is 11.6 Å². The van der Waals surface area contributed by atoms with Crippen molar-refractivity contribution < 1.29 is 0 Å². The van der Waals surface area contributed by atoms with E-state index in [2.05, 4.69) is 41.9 Å². The Morgan fingerprint density at radius 2 is 2.23 bits per heavy atom. The van der Waals surface area contributed by atoms with Crippen LogP contribution in [0, 0.1) is 5.92 Å². The molecular weight excluding hydrogens is 410 g/mol. The minimum absolute atomic E-state index is 0.577. The van der Waals surface area contributed by atoms with E-state index in [-0.39, 0.29) is 0 Å². The molecule has 1 aliphatic carbocycles. The van der Waals surface area contributed by atoms with E-state index in [0.29, 0.717) is 17.8 Å². The summed E-state index contributed by atoms with van der Waals surface area (Å²) in [5, 5.41) is 22.2. The Labute approximate surface area is 183 Å². The second-order valence-electron chi connectivity index (χ2n) is 8.43. The molecule has 1 saturated heterocycles. The Morgan fingerprint density at radius 1 is 1.26 bits per heavy atom. The van der Waals surface area contributed by atoms with Crippen LogP contribution in [-0.2, 0) is 6.54 Å². The van der Waals surface area contributed by atoms with Crippen LogP contribution in [0.3, 0.4) is 0 Å². The van der Waals surface area contributed by atoms with Gasteiger partial charge in [0.1, 0.15) is 10.5 Å². The second-order valence-corrected chi connectivity index (χ2v) is 9.41. The van der Waals surface area contributed by atoms with Crippen molar-refractivity contribution in [2.24, 2.45) is 5.92 Å². The van der Waals surface area contributed by atoms with Gasteiger partial charge in [0.2, 0.25) is 5.95 Å². The van der Waals surface area contributed by atoms with Gasteiger partial charge in [0.25, 0.3) is 0 Å². The summed E-state index contributed by atoms with van der Waals surface area (Å²) >= 11 is 1.73. The Morgan fingerprint density at radius 3 is 3.10 bits per heavy atom. The van der Waals surface area contributed by atoms with Gasteiger partial charge in [0.05, 0.1) is 6.54 Å². The molecule has 0 aromatic carbocycles. The highest BCUT2D eigenvalue weighted by Crippen LogP contribution is 2.39. The molecule has 1 aliphatic heterocycles. The van der Waals surface area contributed by atoms with Crippen LogP contribution in [0.1, 0.15) is 35.9 Å². The smallest absolute Gasteiger partial charge is 0.243 e. The lowest BCUT2D eigenvalue weighted by atomic mass is 10.1. The molecule has 31 heavy (non-hydrogen) atoms. The van der Waals surface area contributed by atoms with Crippen molar-refractivity contribution in [3.05, 3.63) is 46.7 Å². The summed E-state index contributed by atoms with van der Waals surface area (Å²) < 4.78 is 1.86. The number of likely N-dealkylation sites (tertiary alicyclic amines) is 1. The number of thiazole rings is 1. The largest absolute Gasteiger partial charge is 0.353 e. The molecule has 2 aliphatic rings. The fourth-order valence-electron chi connectivity index (χ4n) is 4.21. The molecule has 5 heterocycles.